The number of thioether (sulfide) groups is 1. The number of rotatable bonds is 6. The number of benzene rings is 1. The van der Waals surface area contributed by atoms with Crippen LogP contribution in [0.2, 0.25) is 0 Å². The van der Waals surface area contributed by atoms with Crippen LogP contribution in [0.1, 0.15) is 26.0 Å². The van der Waals surface area contributed by atoms with Crippen molar-refractivity contribution in [1.82, 2.24) is 9.78 Å². The normalized spacial score (nSPS) is 13.1. The van der Waals surface area contributed by atoms with Crippen molar-refractivity contribution < 1.29 is 0 Å². The molecule has 98 valence electrons. The van der Waals surface area contributed by atoms with Gasteiger partial charge in [0.25, 0.3) is 0 Å². The molecule has 2 rings (SSSR count). The zero-order valence-electron chi connectivity index (χ0n) is 10.9. The summed E-state index contributed by atoms with van der Waals surface area (Å²) >= 11 is 7.70. The first kappa shape index (κ1) is 13.8. The number of aryl methyl sites for hydroxylation is 1. The quantitative estimate of drug-likeness (QED) is 0.735. The maximum Gasteiger partial charge on any atom is 0.0802 e. The van der Waals surface area contributed by atoms with Crippen LogP contribution >= 0.6 is 23.4 Å². The minimum absolute atomic E-state index is 0.591. The highest BCUT2D eigenvalue weighted by Gasteiger charge is 2.10. The fourth-order valence-electron chi connectivity index (χ4n) is 2.00. The molecule has 0 amide bonds. The van der Waals surface area contributed by atoms with Gasteiger partial charge >= 0.3 is 0 Å². The van der Waals surface area contributed by atoms with Crippen LogP contribution in [0.15, 0.2) is 24.3 Å². The minimum atomic E-state index is 0.591. The molecule has 18 heavy (non-hydrogen) atoms. The SMILES string of the molecule is CCn1nc(CSC(C)CCCl)c2ccccc21. The van der Waals surface area contributed by atoms with Gasteiger partial charge in [0.05, 0.1) is 11.2 Å². The molecular formula is C14H19ClN2S. The van der Waals surface area contributed by atoms with Crippen molar-refractivity contribution in [3.05, 3.63) is 30.0 Å². The summed E-state index contributed by atoms with van der Waals surface area (Å²) in [6.07, 6.45) is 1.05. The van der Waals surface area contributed by atoms with Gasteiger partial charge in [0.15, 0.2) is 0 Å². The van der Waals surface area contributed by atoms with Gasteiger partial charge in [-0.3, -0.25) is 4.68 Å². The van der Waals surface area contributed by atoms with E-state index < -0.39 is 0 Å². The van der Waals surface area contributed by atoms with E-state index in [0.717, 1.165) is 24.6 Å². The Hall–Kier alpha value is -0.670. The zero-order chi connectivity index (χ0) is 13.0. The predicted octanol–water partition coefficient (Wildman–Crippen LogP) is 4.31. The summed E-state index contributed by atoms with van der Waals surface area (Å²) in [7, 11) is 0. The summed E-state index contributed by atoms with van der Waals surface area (Å²) in [5.74, 6) is 1.70. The highest BCUT2D eigenvalue weighted by atomic mass is 35.5. The molecule has 0 aliphatic rings. The average Bonchev–Trinajstić information content (AvgIpc) is 2.75. The van der Waals surface area contributed by atoms with E-state index in [1.54, 1.807) is 0 Å². The number of halogens is 1. The van der Waals surface area contributed by atoms with Gasteiger partial charge in [0, 0.05) is 28.8 Å². The van der Waals surface area contributed by atoms with Crippen LogP contribution in [-0.2, 0) is 12.3 Å². The Labute approximate surface area is 118 Å². The molecule has 0 bridgehead atoms. The number of hydrogen-bond acceptors (Lipinski definition) is 2. The van der Waals surface area contributed by atoms with E-state index in [4.69, 9.17) is 16.7 Å². The fraction of sp³-hybridized carbons (Fsp3) is 0.500. The molecule has 1 heterocycles. The number of hydrogen-bond donors (Lipinski definition) is 0. The van der Waals surface area contributed by atoms with Gasteiger partial charge < -0.3 is 0 Å². The third-order valence-corrected chi connectivity index (χ3v) is 4.52. The molecule has 0 aliphatic heterocycles. The van der Waals surface area contributed by atoms with Gasteiger partial charge in [-0.2, -0.15) is 16.9 Å². The topological polar surface area (TPSA) is 17.8 Å². The van der Waals surface area contributed by atoms with Crippen LogP contribution < -0.4 is 0 Å². The standard InChI is InChI=1S/C14H19ClN2S/c1-3-17-14-7-5-4-6-12(14)13(16-17)10-18-11(2)8-9-15/h4-7,11H,3,8-10H2,1-2H3. The Balaban J connectivity index is 2.18. The largest absolute Gasteiger partial charge is 0.265 e. The van der Waals surface area contributed by atoms with E-state index >= 15 is 0 Å². The van der Waals surface area contributed by atoms with Crippen molar-refractivity contribution in [2.24, 2.45) is 0 Å². The molecule has 0 aliphatic carbocycles. The summed E-state index contributed by atoms with van der Waals surface area (Å²) < 4.78 is 2.08. The molecule has 4 heteroatoms. The number of nitrogens with zero attached hydrogens (tertiary/aromatic N) is 2. The first-order valence-corrected chi connectivity index (χ1v) is 7.96. The summed E-state index contributed by atoms with van der Waals surface area (Å²) in [5.41, 5.74) is 2.43. The fourth-order valence-corrected chi connectivity index (χ4v) is 3.40. The Bertz CT molecular complexity index is 509. The first-order chi connectivity index (χ1) is 8.76. The lowest BCUT2D eigenvalue weighted by molar-refractivity contribution is 0.675. The molecule has 1 aromatic carbocycles. The van der Waals surface area contributed by atoms with Crippen molar-refractivity contribution in [2.45, 2.75) is 37.8 Å². The molecule has 2 nitrogen and oxygen atoms in total. The lowest BCUT2D eigenvalue weighted by Gasteiger charge is -2.07. The van der Waals surface area contributed by atoms with E-state index in [-0.39, 0.29) is 0 Å². The van der Waals surface area contributed by atoms with Gasteiger partial charge in [-0.15, -0.1) is 11.6 Å². The van der Waals surface area contributed by atoms with Gasteiger partial charge in [0.2, 0.25) is 0 Å². The van der Waals surface area contributed by atoms with Crippen LogP contribution in [0, 0.1) is 0 Å². The van der Waals surface area contributed by atoms with Gasteiger partial charge in [-0.05, 0) is 19.4 Å². The minimum Gasteiger partial charge on any atom is -0.265 e. The third-order valence-electron chi connectivity index (χ3n) is 3.05. The van der Waals surface area contributed by atoms with Gasteiger partial charge in [-0.25, -0.2) is 0 Å². The molecular weight excluding hydrogens is 264 g/mol. The molecule has 1 unspecified atom stereocenters. The molecule has 0 saturated heterocycles. The second kappa shape index (κ2) is 6.48. The average molecular weight is 283 g/mol. The molecule has 0 N–H and O–H groups in total. The molecule has 1 atom stereocenters. The number of fused-ring (bicyclic) bond motifs is 1. The highest BCUT2D eigenvalue weighted by Crippen LogP contribution is 2.25. The smallest absolute Gasteiger partial charge is 0.0802 e. The highest BCUT2D eigenvalue weighted by molar-refractivity contribution is 7.99. The van der Waals surface area contributed by atoms with Crippen molar-refractivity contribution in [1.29, 1.82) is 0 Å². The molecule has 0 fully saturated rings. The summed E-state index contributed by atoms with van der Waals surface area (Å²) in [6.45, 7) is 5.28. The maximum atomic E-state index is 5.77. The van der Waals surface area contributed by atoms with E-state index in [2.05, 4.69) is 42.8 Å². The molecule has 2 aromatic rings. The van der Waals surface area contributed by atoms with Crippen LogP contribution in [0.3, 0.4) is 0 Å². The Morgan fingerprint density at radius 1 is 1.39 bits per heavy atom. The zero-order valence-corrected chi connectivity index (χ0v) is 12.5. The van der Waals surface area contributed by atoms with E-state index in [9.17, 15) is 0 Å². The summed E-state index contributed by atoms with van der Waals surface area (Å²) in [4.78, 5) is 0. The second-order valence-electron chi connectivity index (χ2n) is 4.38. The van der Waals surface area contributed by atoms with Crippen LogP contribution in [0.25, 0.3) is 10.9 Å². The van der Waals surface area contributed by atoms with Gasteiger partial charge in [-0.1, -0.05) is 25.1 Å². The van der Waals surface area contributed by atoms with Crippen LogP contribution in [0.5, 0.6) is 0 Å². The lowest BCUT2D eigenvalue weighted by Crippen LogP contribution is -1.99. The first-order valence-electron chi connectivity index (χ1n) is 6.38. The number of alkyl halides is 1. The van der Waals surface area contributed by atoms with Crippen molar-refractivity contribution in [3.63, 3.8) is 0 Å². The maximum absolute atomic E-state index is 5.77. The monoisotopic (exact) mass is 282 g/mol. The summed E-state index contributed by atoms with van der Waals surface area (Å²) in [5, 5.41) is 6.58. The second-order valence-corrected chi connectivity index (χ2v) is 6.18. The predicted molar refractivity (Wildman–Crippen MR) is 81.5 cm³/mol. The molecule has 0 saturated carbocycles. The van der Waals surface area contributed by atoms with Gasteiger partial charge in [0.1, 0.15) is 0 Å². The van der Waals surface area contributed by atoms with Crippen molar-refractivity contribution in [3.8, 4) is 0 Å². The van der Waals surface area contributed by atoms with Crippen molar-refractivity contribution >= 4 is 34.3 Å². The van der Waals surface area contributed by atoms with Crippen molar-refractivity contribution in [2.75, 3.05) is 5.88 Å². The molecule has 0 radical (unpaired) electrons. The van der Waals surface area contributed by atoms with E-state index in [1.807, 2.05) is 11.8 Å². The number of para-hydroxylation sites is 1. The van der Waals surface area contributed by atoms with E-state index in [1.165, 1.54) is 16.6 Å². The Morgan fingerprint density at radius 3 is 2.89 bits per heavy atom. The van der Waals surface area contributed by atoms with Crippen LogP contribution in [0.4, 0.5) is 0 Å². The Kier molecular flexibility index (Phi) is 4.95. The van der Waals surface area contributed by atoms with Crippen LogP contribution in [-0.4, -0.2) is 20.9 Å². The third kappa shape index (κ3) is 3.01. The number of aromatic nitrogens is 2. The summed E-state index contributed by atoms with van der Waals surface area (Å²) in [6, 6.07) is 8.46. The Morgan fingerprint density at radius 2 is 2.17 bits per heavy atom. The molecule has 1 aromatic heterocycles. The lowest BCUT2D eigenvalue weighted by atomic mass is 10.2. The molecule has 0 spiro atoms. The van der Waals surface area contributed by atoms with E-state index in [0.29, 0.717) is 5.25 Å².